The molecule has 6 heteroatoms. The lowest BCUT2D eigenvalue weighted by Gasteiger charge is -2.14. The minimum Gasteiger partial charge on any atom is -0.481 e. The van der Waals surface area contributed by atoms with Gasteiger partial charge < -0.3 is 15.2 Å². The van der Waals surface area contributed by atoms with Crippen molar-refractivity contribution >= 4 is 29.2 Å². The van der Waals surface area contributed by atoms with E-state index in [4.69, 9.17) is 21.4 Å². The molecule has 0 aliphatic carbocycles. The Labute approximate surface area is 132 Å². The number of ether oxygens (including phenoxy) is 1. The Kier molecular flexibility index (Phi) is 5.01. The molecule has 0 saturated heterocycles. The summed E-state index contributed by atoms with van der Waals surface area (Å²) in [5, 5.41) is 12.1. The van der Waals surface area contributed by atoms with Crippen LogP contribution in [0.1, 0.15) is 17.3 Å². The van der Waals surface area contributed by atoms with Crippen LogP contribution in [-0.2, 0) is 4.79 Å². The summed E-state index contributed by atoms with van der Waals surface area (Å²) < 4.78 is 5.50. The summed E-state index contributed by atoms with van der Waals surface area (Å²) in [5.74, 6) is -0.816. The van der Waals surface area contributed by atoms with Gasteiger partial charge in [-0.3, -0.25) is 4.79 Å². The Hall–Kier alpha value is -2.53. The van der Waals surface area contributed by atoms with E-state index >= 15 is 0 Å². The molecule has 0 bridgehead atoms. The zero-order valence-electron chi connectivity index (χ0n) is 11.7. The number of carbonyl (C=O) groups excluding carboxylic acids is 1. The average Bonchev–Trinajstić information content (AvgIpc) is 2.50. The first kappa shape index (κ1) is 15.9. The molecule has 0 fully saturated rings. The van der Waals surface area contributed by atoms with Crippen LogP contribution in [0.3, 0.4) is 0 Å². The van der Waals surface area contributed by atoms with Gasteiger partial charge in [-0.15, -0.1) is 0 Å². The molecule has 0 aliphatic rings. The van der Waals surface area contributed by atoms with Gasteiger partial charge in [-0.1, -0.05) is 11.6 Å². The van der Waals surface area contributed by atoms with Gasteiger partial charge in [-0.2, -0.15) is 0 Å². The predicted molar refractivity (Wildman–Crippen MR) is 83.6 cm³/mol. The van der Waals surface area contributed by atoms with Crippen LogP contribution in [0.2, 0.25) is 5.02 Å². The van der Waals surface area contributed by atoms with Crippen LogP contribution in [-0.4, -0.2) is 23.1 Å². The highest BCUT2D eigenvalue weighted by Gasteiger charge is 2.15. The Morgan fingerprint density at radius 3 is 2.23 bits per heavy atom. The summed E-state index contributed by atoms with van der Waals surface area (Å²) in [4.78, 5) is 22.8. The standard InChI is InChI=1S/C16H14ClNO4/c1-10(22-14-8-4-12(17)5-9-14)15(19)18-13-6-2-11(3-7-13)16(20)21/h2-10H,1H3,(H,18,19)(H,20,21)/t10-/m0/s1. The monoisotopic (exact) mass is 319 g/mol. The van der Waals surface area contributed by atoms with Crippen LogP contribution in [0.5, 0.6) is 5.75 Å². The van der Waals surface area contributed by atoms with Crippen LogP contribution in [0, 0.1) is 0 Å². The molecule has 2 aromatic rings. The van der Waals surface area contributed by atoms with E-state index in [1.54, 1.807) is 31.2 Å². The molecule has 0 saturated carbocycles. The van der Waals surface area contributed by atoms with Crippen LogP contribution in [0.25, 0.3) is 0 Å². The largest absolute Gasteiger partial charge is 0.481 e. The molecular weight excluding hydrogens is 306 g/mol. The third-order valence-corrected chi connectivity index (χ3v) is 3.15. The van der Waals surface area contributed by atoms with Crippen molar-refractivity contribution in [1.82, 2.24) is 0 Å². The van der Waals surface area contributed by atoms with Crippen molar-refractivity contribution in [2.45, 2.75) is 13.0 Å². The summed E-state index contributed by atoms with van der Waals surface area (Å²) in [6.45, 7) is 1.62. The van der Waals surface area contributed by atoms with Crippen LogP contribution >= 0.6 is 11.6 Å². The molecule has 1 atom stereocenters. The highest BCUT2D eigenvalue weighted by Crippen LogP contribution is 2.17. The number of halogens is 1. The Morgan fingerprint density at radius 2 is 1.68 bits per heavy atom. The third-order valence-electron chi connectivity index (χ3n) is 2.90. The predicted octanol–water partition coefficient (Wildman–Crippen LogP) is 3.44. The molecule has 2 aromatic carbocycles. The fourth-order valence-corrected chi connectivity index (χ4v) is 1.84. The van der Waals surface area contributed by atoms with Crippen molar-refractivity contribution in [1.29, 1.82) is 0 Å². The number of aromatic carboxylic acids is 1. The summed E-state index contributed by atoms with van der Waals surface area (Å²) in [6, 6.07) is 12.6. The fourth-order valence-electron chi connectivity index (χ4n) is 1.71. The first-order valence-electron chi connectivity index (χ1n) is 6.52. The lowest BCUT2D eigenvalue weighted by molar-refractivity contribution is -0.122. The number of rotatable bonds is 5. The summed E-state index contributed by atoms with van der Waals surface area (Å²) in [6.07, 6.45) is -0.708. The van der Waals surface area contributed by atoms with E-state index in [2.05, 4.69) is 5.32 Å². The van der Waals surface area contributed by atoms with Crippen LogP contribution < -0.4 is 10.1 Å². The molecule has 0 radical (unpaired) electrons. The average molecular weight is 320 g/mol. The number of nitrogens with one attached hydrogen (secondary N) is 1. The van der Waals surface area contributed by atoms with Crippen LogP contribution in [0.15, 0.2) is 48.5 Å². The summed E-state index contributed by atoms with van der Waals surface area (Å²) in [7, 11) is 0. The maximum absolute atomic E-state index is 12.0. The molecular formula is C16H14ClNO4. The second-order valence-electron chi connectivity index (χ2n) is 4.59. The van der Waals surface area contributed by atoms with Gasteiger partial charge in [0.25, 0.3) is 5.91 Å². The summed E-state index contributed by atoms with van der Waals surface area (Å²) in [5.41, 5.74) is 0.657. The highest BCUT2D eigenvalue weighted by molar-refractivity contribution is 6.30. The van der Waals surface area contributed by atoms with E-state index in [1.165, 1.54) is 24.3 Å². The smallest absolute Gasteiger partial charge is 0.335 e. The lowest BCUT2D eigenvalue weighted by Crippen LogP contribution is -2.30. The second kappa shape index (κ2) is 6.95. The van der Waals surface area contributed by atoms with E-state index < -0.39 is 12.1 Å². The van der Waals surface area contributed by atoms with E-state index in [-0.39, 0.29) is 11.5 Å². The Morgan fingerprint density at radius 1 is 1.09 bits per heavy atom. The van der Waals surface area contributed by atoms with Gasteiger partial charge in [0.05, 0.1) is 5.56 Å². The molecule has 114 valence electrons. The molecule has 0 spiro atoms. The lowest BCUT2D eigenvalue weighted by atomic mass is 10.2. The van der Waals surface area contributed by atoms with Gasteiger partial charge in [0.15, 0.2) is 6.10 Å². The topological polar surface area (TPSA) is 75.6 Å². The van der Waals surface area contributed by atoms with E-state index in [9.17, 15) is 9.59 Å². The molecule has 0 heterocycles. The molecule has 0 aliphatic heterocycles. The summed E-state index contributed by atoms with van der Waals surface area (Å²) >= 11 is 5.78. The maximum Gasteiger partial charge on any atom is 0.335 e. The molecule has 0 aromatic heterocycles. The fraction of sp³-hybridized carbons (Fsp3) is 0.125. The van der Waals surface area contributed by atoms with Crippen molar-refractivity contribution in [3.63, 3.8) is 0 Å². The maximum atomic E-state index is 12.0. The molecule has 2 rings (SSSR count). The number of amides is 1. The van der Waals surface area contributed by atoms with E-state index in [0.29, 0.717) is 16.5 Å². The SMILES string of the molecule is C[C@H](Oc1ccc(Cl)cc1)C(=O)Nc1ccc(C(=O)O)cc1. The van der Waals surface area contributed by atoms with E-state index in [0.717, 1.165) is 0 Å². The highest BCUT2D eigenvalue weighted by atomic mass is 35.5. The van der Waals surface area contributed by atoms with E-state index in [1.807, 2.05) is 0 Å². The number of anilines is 1. The second-order valence-corrected chi connectivity index (χ2v) is 5.02. The van der Waals surface area contributed by atoms with Crippen molar-refractivity contribution in [3.8, 4) is 5.75 Å². The number of carboxylic acid groups (broad SMARTS) is 1. The molecule has 0 unspecified atom stereocenters. The number of carbonyl (C=O) groups is 2. The zero-order chi connectivity index (χ0) is 16.1. The van der Waals surface area contributed by atoms with Crippen molar-refractivity contribution in [2.24, 2.45) is 0 Å². The molecule has 22 heavy (non-hydrogen) atoms. The van der Waals surface area contributed by atoms with Gasteiger partial charge in [-0.05, 0) is 55.5 Å². The van der Waals surface area contributed by atoms with Gasteiger partial charge >= 0.3 is 5.97 Å². The number of carboxylic acids is 1. The van der Waals surface area contributed by atoms with Crippen molar-refractivity contribution in [3.05, 3.63) is 59.1 Å². The minimum atomic E-state index is -1.02. The Bertz CT molecular complexity index is 668. The zero-order valence-corrected chi connectivity index (χ0v) is 12.5. The van der Waals surface area contributed by atoms with Crippen molar-refractivity contribution < 1.29 is 19.4 Å². The van der Waals surface area contributed by atoms with Crippen molar-refractivity contribution in [2.75, 3.05) is 5.32 Å². The number of hydrogen-bond acceptors (Lipinski definition) is 3. The Balaban J connectivity index is 1.95. The quantitative estimate of drug-likeness (QED) is 0.885. The third kappa shape index (κ3) is 4.23. The van der Waals surface area contributed by atoms with Gasteiger partial charge in [0, 0.05) is 10.7 Å². The number of hydrogen-bond donors (Lipinski definition) is 2. The first-order valence-corrected chi connectivity index (χ1v) is 6.90. The van der Waals surface area contributed by atoms with Crippen LogP contribution in [0.4, 0.5) is 5.69 Å². The minimum absolute atomic E-state index is 0.156. The molecule has 2 N–H and O–H groups in total. The number of benzene rings is 2. The van der Waals surface area contributed by atoms with Gasteiger partial charge in [0.2, 0.25) is 0 Å². The molecule has 1 amide bonds. The first-order chi connectivity index (χ1) is 10.5. The normalized spacial score (nSPS) is 11.5. The molecule has 5 nitrogen and oxygen atoms in total. The van der Waals surface area contributed by atoms with Gasteiger partial charge in [0.1, 0.15) is 5.75 Å². The van der Waals surface area contributed by atoms with Gasteiger partial charge in [-0.25, -0.2) is 4.79 Å².